The molecule has 5 heteroatoms. The monoisotopic (exact) mass is 444 g/mol. The Bertz CT molecular complexity index is 1140. The second kappa shape index (κ2) is 8.89. The fraction of sp³-hybridized carbons (Fsp3) is 0.259. The van der Waals surface area contributed by atoms with Gasteiger partial charge in [-0.05, 0) is 28.8 Å². The van der Waals surface area contributed by atoms with E-state index < -0.39 is 5.60 Å². The van der Waals surface area contributed by atoms with Crippen LogP contribution in [0.1, 0.15) is 39.9 Å². The van der Waals surface area contributed by atoms with Gasteiger partial charge in [0.15, 0.2) is 0 Å². The number of hydrogen-bond donors (Lipinski definition) is 0. The molecule has 1 saturated heterocycles. The number of rotatable bonds is 5. The lowest BCUT2D eigenvalue weighted by atomic mass is 9.83. The first-order chi connectivity index (χ1) is 15.6. The summed E-state index contributed by atoms with van der Waals surface area (Å²) in [6, 6.07) is 24.6. The Morgan fingerprint density at radius 3 is 2.38 bits per heavy atom. The molecule has 3 aromatic rings. The molecule has 0 unspecified atom stereocenters. The summed E-state index contributed by atoms with van der Waals surface area (Å²) < 4.78 is 6.75. The lowest BCUT2D eigenvalue weighted by molar-refractivity contribution is -0.00492. The Labute approximate surface area is 193 Å². The van der Waals surface area contributed by atoms with Crippen molar-refractivity contribution >= 4 is 23.7 Å². The molecule has 0 aliphatic carbocycles. The lowest BCUT2D eigenvalue weighted by Crippen LogP contribution is -2.45. The highest BCUT2D eigenvalue weighted by atomic mass is 35.5. The second-order valence-electron chi connectivity index (χ2n) is 8.48. The van der Waals surface area contributed by atoms with Crippen molar-refractivity contribution < 1.29 is 9.53 Å². The third-order valence-electron chi connectivity index (χ3n) is 6.43. The van der Waals surface area contributed by atoms with Gasteiger partial charge in [0.05, 0.1) is 5.02 Å². The highest BCUT2D eigenvalue weighted by Gasteiger charge is 2.39. The van der Waals surface area contributed by atoms with Crippen LogP contribution in [0.5, 0.6) is 5.75 Å². The maximum Gasteiger partial charge on any atom is 0.276 e. The van der Waals surface area contributed by atoms with Crippen LogP contribution in [0.4, 0.5) is 0 Å². The van der Waals surface area contributed by atoms with Gasteiger partial charge in [-0.1, -0.05) is 72.3 Å². The third-order valence-corrected chi connectivity index (χ3v) is 6.72. The Balaban J connectivity index is 1.42. The van der Waals surface area contributed by atoms with Gasteiger partial charge < -0.3 is 4.74 Å². The molecule has 0 saturated carbocycles. The fourth-order valence-corrected chi connectivity index (χ4v) is 4.86. The Morgan fingerprint density at radius 2 is 1.66 bits per heavy atom. The molecule has 0 N–H and O–H groups in total. The van der Waals surface area contributed by atoms with Crippen LogP contribution < -0.4 is 4.74 Å². The van der Waals surface area contributed by atoms with E-state index in [1.807, 2.05) is 12.1 Å². The van der Waals surface area contributed by atoms with Crippen LogP contribution in [0.2, 0.25) is 5.02 Å². The molecule has 0 spiro atoms. The average Bonchev–Trinajstić information content (AvgIpc) is 2.83. The largest absolute Gasteiger partial charge is 0.481 e. The van der Waals surface area contributed by atoms with Gasteiger partial charge in [0.25, 0.3) is 5.91 Å². The van der Waals surface area contributed by atoms with Crippen LogP contribution in [0, 0.1) is 0 Å². The quantitative estimate of drug-likeness (QED) is 0.508. The zero-order valence-corrected chi connectivity index (χ0v) is 18.6. The number of aliphatic imine (C=N–C) groups is 1. The van der Waals surface area contributed by atoms with Gasteiger partial charge in [-0.25, -0.2) is 4.99 Å². The molecule has 2 aliphatic rings. The number of fused-ring (bicyclic) bond motifs is 1. The minimum Gasteiger partial charge on any atom is -0.481 e. The molecular formula is C27H25ClN2O2. The second-order valence-corrected chi connectivity index (χ2v) is 8.89. The molecule has 2 aliphatic heterocycles. The summed E-state index contributed by atoms with van der Waals surface area (Å²) in [4.78, 5) is 18.5. The lowest BCUT2D eigenvalue weighted by Gasteiger charge is -2.42. The van der Waals surface area contributed by atoms with Crippen molar-refractivity contribution in [3.8, 4) is 5.75 Å². The highest BCUT2D eigenvalue weighted by Crippen LogP contribution is 2.41. The third kappa shape index (κ3) is 4.21. The summed E-state index contributed by atoms with van der Waals surface area (Å²) in [5.41, 5.74) is 3.50. The summed E-state index contributed by atoms with van der Waals surface area (Å²) in [5.74, 6) is 0.389. The number of hydrogen-bond acceptors (Lipinski definition) is 3. The number of halogens is 1. The van der Waals surface area contributed by atoms with Gasteiger partial charge in [0, 0.05) is 50.7 Å². The molecule has 0 atom stereocenters. The first-order valence-electron chi connectivity index (χ1n) is 11.0. The van der Waals surface area contributed by atoms with E-state index in [2.05, 4.69) is 64.5 Å². The Hall–Kier alpha value is -2.95. The number of nitrogens with zero attached hydrogens (tertiary/aromatic N) is 2. The molecule has 1 fully saturated rings. The molecule has 0 aromatic heterocycles. The van der Waals surface area contributed by atoms with Crippen molar-refractivity contribution in [1.29, 1.82) is 0 Å². The van der Waals surface area contributed by atoms with E-state index in [1.54, 1.807) is 12.3 Å². The Kier molecular flexibility index (Phi) is 5.81. The Morgan fingerprint density at radius 1 is 0.969 bits per heavy atom. The topological polar surface area (TPSA) is 41.9 Å². The van der Waals surface area contributed by atoms with Crippen molar-refractivity contribution in [1.82, 2.24) is 4.90 Å². The molecule has 4 nitrogen and oxygen atoms in total. The maximum absolute atomic E-state index is 12.1. The van der Waals surface area contributed by atoms with Crippen LogP contribution in [0.25, 0.3) is 0 Å². The van der Waals surface area contributed by atoms with Crippen LogP contribution in [0.3, 0.4) is 0 Å². The average molecular weight is 445 g/mol. The van der Waals surface area contributed by atoms with Crippen LogP contribution >= 0.6 is 11.6 Å². The van der Waals surface area contributed by atoms with Gasteiger partial charge in [0.2, 0.25) is 0 Å². The summed E-state index contributed by atoms with van der Waals surface area (Å²) >= 11 is 6.59. The zero-order chi connectivity index (χ0) is 22.0. The van der Waals surface area contributed by atoms with Crippen LogP contribution in [-0.4, -0.2) is 30.1 Å². The summed E-state index contributed by atoms with van der Waals surface area (Å²) in [6.07, 6.45) is 3.98. The van der Waals surface area contributed by atoms with Gasteiger partial charge in [0.1, 0.15) is 11.4 Å². The molecular weight excluding hydrogens is 420 g/mol. The van der Waals surface area contributed by atoms with Gasteiger partial charge >= 0.3 is 0 Å². The first-order valence-corrected chi connectivity index (χ1v) is 11.4. The van der Waals surface area contributed by atoms with E-state index >= 15 is 0 Å². The molecule has 162 valence electrons. The normalized spacial score (nSPS) is 17.7. The maximum atomic E-state index is 12.1. The number of amides is 1. The predicted molar refractivity (Wildman–Crippen MR) is 128 cm³/mol. The number of carbonyl (C=O) groups is 1. The highest BCUT2D eigenvalue weighted by molar-refractivity contribution is 6.32. The number of benzene rings is 3. The number of carbonyl (C=O) groups excluding carboxylic acids is 1. The van der Waals surface area contributed by atoms with E-state index in [0.717, 1.165) is 43.6 Å². The van der Waals surface area contributed by atoms with Crippen LogP contribution in [-0.2, 0) is 18.6 Å². The summed E-state index contributed by atoms with van der Waals surface area (Å²) in [7, 11) is 0. The minimum atomic E-state index is -0.459. The SMILES string of the molecule is O=C1N=CCc2cc(OC3(c4ccccc4)CCN(Cc4ccccc4)CC3)c(Cl)cc21. The van der Waals surface area contributed by atoms with Gasteiger partial charge in [-0.2, -0.15) is 0 Å². The number of likely N-dealkylation sites (tertiary alicyclic amines) is 1. The standard InChI is InChI=1S/C27H25ClN2O2/c28-24-18-23-21(11-14-29-26(23)31)17-25(24)32-27(22-9-5-2-6-10-22)12-15-30(16-13-27)19-20-7-3-1-4-8-20/h1-10,14,17-18H,11-13,15-16,19H2. The summed E-state index contributed by atoms with van der Waals surface area (Å²) in [6.45, 7) is 2.79. The molecule has 2 heterocycles. The van der Waals surface area contributed by atoms with Crippen LogP contribution in [0.15, 0.2) is 77.8 Å². The van der Waals surface area contributed by atoms with Crippen molar-refractivity contribution in [2.75, 3.05) is 13.1 Å². The smallest absolute Gasteiger partial charge is 0.276 e. The van der Waals surface area contributed by atoms with E-state index in [0.29, 0.717) is 22.8 Å². The first kappa shape index (κ1) is 20.9. The summed E-state index contributed by atoms with van der Waals surface area (Å²) in [5, 5.41) is 0.455. The van der Waals surface area contributed by atoms with E-state index in [4.69, 9.17) is 16.3 Å². The van der Waals surface area contributed by atoms with Gasteiger partial charge in [-0.3, -0.25) is 9.69 Å². The fourth-order valence-electron chi connectivity index (χ4n) is 4.65. The molecule has 3 aromatic carbocycles. The number of piperidine rings is 1. The van der Waals surface area contributed by atoms with Crippen molar-refractivity contribution in [2.24, 2.45) is 4.99 Å². The van der Waals surface area contributed by atoms with Crippen molar-refractivity contribution in [3.63, 3.8) is 0 Å². The number of ether oxygens (including phenoxy) is 1. The minimum absolute atomic E-state index is 0.244. The van der Waals surface area contributed by atoms with Crippen molar-refractivity contribution in [2.45, 2.75) is 31.4 Å². The van der Waals surface area contributed by atoms with Gasteiger partial charge in [-0.15, -0.1) is 0 Å². The van der Waals surface area contributed by atoms with E-state index in [-0.39, 0.29) is 5.91 Å². The molecule has 5 rings (SSSR count). The molecule has 32 heavy (non-hydrogen) atoms. The molecule has 0 radical (unpaired) electrons. The molecule has 0 bridgehead atoms. The van der Waals surface area contributed by atoms with E-state index in [1.165, 1.54) is 5.56 Å². The van der Waals surface area contributed by atoms with Crippen molar-refractivity contribution in [3.05, 3.63) is 100 Å². The van der Waals surface area contributed by atoms with E-state index in [9.17, 15) is 4.79 Å². The molecule has 1 amide bonds. The zero-order valence-electron chi connectivity index (χ0n) is 17.8. The predicted octanol–water partition coefficient (Wildman–Crippen LogP) is 5.68.